The highest BCUT2D eigenvalue weighted by Gasteiger charge is 2.23. The van der Waals surface area contributed by atoms with Crippen molar-refractivity contribution in [3.8, 4) is 16.2 Å². The number of hydrogen-bond acceptors (Lipinski definition) is 5. The van der Waals surface area contributed by atoms with E-state index in [1.54, 1.807) is 31.5 Å². The molecular formula is C13H11NO5S. The largest absolute Gasteiger partial charge is 0.480 e. The monoisotopic (exact) mass is 293 g/mol. The van der Waals surface area contributed by atoms with Gasteiger partial charge in [-0.1, -0.05) is 6.07 Å². The Morgan fingerprint density at radius 1 is 1.40 bits per heavy atom. The van der Waals surface area contributed by atoms with Gasteiger partial charge in [0.05, 0.1) is 0 Å². The Hall–Kier alpha value is -2.41. The van der Waals surface area contributed by atoms with Crippen LogP contribution >= 0.6 is 11.3 Å². The van der Waals surface area contributed by atoms with Crippen molar-refractivity contribution in [3.63, 3.8) is 0 Å². The smallest absolute Gasteiger partial charge is 0.349 e. The predicted octanol–water partition coefficient (Wildman–Crippen LogP) is 2.28. The summed E-state index contributed by atoms with van der Waals surface area (Å²) < 4.78 is 5.10. The van der Waals surface area contributed by atoms with Crippen LogP contribution in [0.25, 0.3) is 10.4 Å². The fourth-order valence-electron chi connectivity index (χ4n) is 1.72. The highest BCUT2D eigenvalue weighted by atomic mass is 32.1. The van der Waals surface area contributed by atoms with Crippen LogP contribution in [0.1, 0.15) is 15.2 Å². The second kappa shape index (κ2) is 5.70. The van der Waals surface area contributed by atoms with E-state index >= 15 is 0 Å². The maximum Gasteiger partial charge on any atom is 0.349 e. The van der Waals surface area contributed by atoms with Crippen molar-refractivity contribution >= 4 is 23.3 Å². The summed E-state index contributed by atoms with van der Waals surface area (Å²) in [6.45, 7) is 1.12. The minimum atomic E-state index is -1.16. The Kier molecular flexibility index (Phi) is 3.99. The number of nitrogens with zero attached hydrogens (tertiary/aromatic N) is 1. The van der Waals surface area contributed by atoms with Gasteiger partial charge in [0.2, 0.25) is 0 Å². The van der Waals surface area contributed by atoms with E-state index in [1.165, 1.54) is 0 Å². The molecule has 2 aromatic heterocycles. The van der Waals surface area contributed by atoms with Gasteiger partial charge >= 0.3 is 11.9 Å². The molecule has 0 atom stereocenters. The van der Waals surface area contributed by atoms with Crippen molar-refractivity contribution in [1.82, 2.24) is 4.98 Å². The van der Waals surface area contributed by atoms with Crippen molar-refractivity contribution in [2.75, 3.05) is 6.61 Å². The molecule has 0 amide bonds. The molecule has 0 radical (unpaired) electrons. The molecule has 6 nitrogen and oxygen atoms in total. The zero-order chi connectivity index (χ0) is 14.7. The predicted molar refractivity (Wildman–Crippen MR) is 72.4 cm³/mol. The number of aromatic nitrogens is 1. The molecule has 0 aromatic carbocycles. The molecule has 0 aliphatic rings. The van der Waals surface area contributed by atoms with Gasteiger partial charge in [-0.15, -0.1) is 11.3 Å². The lowest BCUT2D eigenvalue weighted by molar-refractivity contribution is -0.139. The van der Waals surface area contributed by atoms with E-state index in [2.05, 4.69) is 4.98 Å². The molecule has 2 aromatic rings. The van der Waals surface area contributed by atoms with Gasteiger partial charge in [0, 0.05) is 28.4 Å². The zero-order valence-electron chi connectivity index (χ0n) is 10.5. The van der Waals surface area contributed by atoms with Gasteiger partial charge in [-0.3, -0.25) is 4.98 Å². The number of aromatic carboxylic acids is 1. The van der Waals surface area contributed by atoms with Crippen LogP contribution in [0.4, 0.5) is 0 Å². The number of thiophene rings is 1. The maximum absolute atomic E-state index is 11.2. The molecule has 0 fully saturated rings. The van der Waals surface area contributed by atoms with Crippen molar-refractivity contribution in [1.29, 1.82) is 0 Å². The topological polar surface area (TPSA) is 96.7 Å². The average molecular weight is 293 g/mol. The second-order valence-corrected chi connectivity index (χ2v) is 4.96. The summed E-state index contributed by atoms with van der Waals surface area (Å²) in [6, 6.07) is 3.55. The molecule has 7 heteroatoms. The second-order valence-electron chi connectivity index (χ2n) is 3.94. The minimum Gasteiger partial charge on any atom is -0.480 e. The van der Waals surface area contributed by atoms with E-state index in [1.807, 2.05) is 0 Å². The molecule has 2 rings (SSSR count). The number of ether oxygens (including phenoxy) is 1. The molecule has 0 unspecified atom stereocenters. The third kappa shape index (κ3) is 2.77. The first-order chi connectivity index (χ1) is 9.50. The fraction of sp³-hybridized carbons (Fsp3) is 0.154. The molecule has 20 heavy (non-hydrogen) atoms. The van der Waals surface area contributed by atoms with Gasteiger partial charge in [-0.2, -0.15) is 0 Å². The van der Waals surface area contributed by atoms with Gasteiger partial charge in [0.1, 0.15) is 5.75 Å². The van der Waals surface area contributed by atoms with Crippen molar-refractivity contribution in [2.45, 2.75) is 6.92 Å². The van der Waals surface area contributed by atoms with Crippen LogP contribution in [-0.2, 0) is 4.79 Å². The van der Waals surface area contributed by atoms with E-state index in [-0.39, 0.29) is 10.6 Å². The van der Waals surface area contributed by atoms with Crippen LogP contribution in [0.2, 0.25) is 0 Å². The highest BCUT2D eigenvalue weighted by Crippen LogP contribution is 2.41. The number of hydrogen-bond donors (Lipinski definition) is 2. The van der Waals surface area contributed by atoms with E-state index in [4.69, 9.17) is 9.84 Å². The van der Waals surface area contributed by atoms with Crippen molar-refractivity contribution in [3.05, 3.63) is 35.0 Å². The Balaban J connectivity index is 2.48. The SMILES string of the molecule is Cc1c(-c2cccnc2)sc(C(=O)O)c1OCC(=O)O. The molecule has 0 bridgehead atoms. The molecule has 0 aliphatic carbocycles. The number of pyridine rings is 1. The lowest BCUT2D eigenvalue weighted by Crippen LogP contribution is -2.11. The molecule has 0 spiro atoms. The Morgan fingerprint density at radius 3 is 2.70 bits per heavy atom. The van der Waals surface area contributed by atoms with Gasteiger partial charge in [-0.25, -0.2) is 9.59 Å². The van der Waals surface area contributed by atoms with Crippen LogP contribution in [-0.4, -0.2) is 33.7 Å². The van der Waals surface area contributed by atoms with Crippen LogP contribution in [0.15, 0.2) is 24.5 Å². The molecule has 2 N–H and O–H groups in total. The lowest BCUT2D eigenvalue weighted by Gasteiger charge is -2.04. The number of carboxylic acid groups (broad SMARTS) is 2. The summed E-state index contributed by atoms with van der Waals surface area (Å²) in [7, 11) is 0. The van der Waals surface area contributed by atoms with Gasteiger partial charge in [0.15, 0.2) is 11.5 Å². The van der Waals surface area contributed by atoms with Crippen LogP contribution in [0, 0.1) is 6.92 Å². The summed E-state index contributed by atoms with van der Waals surface area (Å²) in [5.41, 5.74) is 1.37. The number of carbonyl (C=O) groups is 2. The van der Waals surface area contributed by atoms with Crippen molar-refractivity contribution in [2.24, 2.45) is 0 Å². The normalized spacial score (nSPS) is 10.2. The third-order valence-electron chi connectivity index (χ3n) is 2.55. The maximum atomic E-state index is 11.2. The zero-order valence-corrected chi connectivity index (χ0v) is 11.3. The summed E-state index contributed by atoms with van der Waals surface area (Å²) in [6.07, 6.45) is 3.23. The van der Waals surface area contributed by atoms with Crippen LogP contribution < -0.4 is 4.74 Å². The van der Waals surface area contributed by atoms with E-state index in [0.29, 0.717) is 10.4 Å². The molecule has 0 saturated heterocycles. The fourth-order valence-corrected chi connectivity index (χ4v) is 2.80. The number of aliphatic carboxylic acids is 1. The first-order valence-electron chi connectivity index (χ1n) is 5.62. The summed E-state index contributed by atoms with van der Waals surface area (Å²) >= 11 is 1.04. The molecule has 2 heterocycles. The molecular weight excluding hydrogens is 282 g/mol. The van der Waals surface area contributed by atoms with Gasteiger partial charge in [-0.05, 0) is 13.0 Å². The van der Waals surface area contributed by atoms with Gasteiger partial charge in [0.25, 0.3) is 0 Å². The van der Waals surface area contributed by atoms with Crippen molar-refractivity contribution < 1.29 is 24.5 Å². The molecule has 0 aliphatic heterocycles. The quantitative estimate of drug-likeness (QED) is 0.877. The van der Waals surface area contributed by atoms with Crippen LogP contribution in [0.5, 0.6) is 5.75 Å². The van der Waals surface area contributed by atoms with Crippen LogP contribution in [0.3, 0.4) is 0 Å². The first-order valence-corrected chi connectivity index (χ1v) is 6.44. The minimum absolute atomic E-state index is 0.0115. The summed E-state index contributed by atoms with van der Waals surface area (Å²) in [4.78, 5) is 26.5. The highest BCUT2D eigenvalue weighted by molar-refractivity contribution is 7.18. The summed E-state index contributed by atoms with van der Waals surface area (Å²) in [5.74, 6) is -2.20. The number of rotatable bonds is 5. The number of carboxylic acids is 2. The lowest BCUT2D eigenvalue weighted by atomic mass is 10.1. The summed E-state index contributed by atoms with van der Waals surface area (Å²) in [5, 5.41) is 17.8. The third-order valence-corrected chi connectivity index (χ3v) is 3.86. The van der Waals surface area contributed by atoms with E-state index < -0.39 is 18.5 Å². The van der Waals surface area contributed by atoms with E-state index in [9.17, 15) is 14.7 Å². The van der Waals surface area contributed by atoms with E-state index in [0.717, 1.165) is 16.9 Å². The van der Waals surface area contributed by atoms with Gasteiger partial charge < -0.3 is 14.9 Å². The Bertz CT molecular complexity index is 650. The average Bonchev–Trinajstić information content (AvgIpc) is 2.75. The molecule has 0 saturated carbocycles. The first kappa shape index (κ1) is 14.0. The standard InChI is InChI=1S/C13H11NO5S/c1-7-10(19-6-9(15)16)12(13(17)18)20-11(7)8-3-2-4-14-5-8/h2-5H,6H2,1H3,(H,15,16)(H,17,18). The Labute approximate surface area is 118 Å². The molecule has 104 valence electrons. The Morgan fingerprint density at radius 2 is 2.15 bits per heavy atom.